The van der Waals surface area contributed by atoms with Crippen LogP contribution in [0.2, 0.25) is 0 Å². The Kier molecular flexibility index (Phi) is 6.15. The Morgan fingerprint density at radius 2 is 1.94 bits per heavy atom. The molecule has 0 saturated carbocycles. The minimum Gasteiger partial charge on any atom is -0.306 e. The first kappa shape index (κ1) is 22.3. The molecule has 8 nitrogen and oxygen atoms in total. The Bertz CT molecular complexity index is 1280. The normalized spacial score (nSPS) is 15.3. The van der Waals surface area contributed by atoms with Gasteiger partial charge in [0.15, 0.2) is 5.65 Å². The molecule has 1 amide bonds. The van der Waals surface area contributed by atoms with Crippen molar-refractivity contribution >= 4 is 17.4 Å². The summed E-state index contributed by atoms with van der Waals surface area (Å²) >= 11 is 0. The number of carbonyl (C=O) groups is 1. The minimum absolute atomic E-state index is 0.250. The van der Waals surface area contributed by atoms with E-state index >= 15 is 0 Å². The molecule has 1 aliphatic heterocycles. The fraction of sp³-hybridized carbons (Fsp3) is 0.385. The number of benzene rings is 1. The molecular formula is C26H31N7O. The Labute approximate surface area is 199 Å². The average molecular weight is 458 g/mol. The van der Waals surface area contributed by atoms with Crippen LogP contribution in [0.3, 0.4) is 0 Å². The smallest absolute Gasteiger partial charge is 0.262 e. The molecule has 0 atom stereocenters. The van der Waals surface area contributed by atoms with Gasteiger partial charge in [0.05, 0.1) is 17.6 Å². The molecule has 1 aromatic carbocycles. The molecule has 5 rings (SSSR count). The van der Waals surface area contributed by atoms with Gasteiger partial charge in [-0.25, -0.2) is 14.2 Å². The number of aromatic nitrogens is 5. The van der Waals surface area contributed by atoms with Crippen LogP contribution < -0.4 is 5.32 Å². The first-order valence-corrected chi connectivity index (χ1v) is 12.0. The van der Waals surface area contributed by atoms with Crippen molar-refractivity contribution < 1.29 is 4.79 Å². The molecule has 0 aliphatic carbocycles. The van der Waals surface area contributed by atoms with Crippen molar-refractivity contribution in [1.82, 2.24) is 29.3 Å². The van der Waals surface area contributed by atoms with Crippen LogP contribution in [0.1, 0.15) is 54.2 Å². The summed E-state index contributed by atoms with van der Waals surface area (Å²) in [5.74, 6) is 1.46. The summed E-state index contributed by atoms with van der Waals surface area (Å²) in [5.41, 5.74) is 4.08. The fourth-order valence-corrected chi connectivity index (χ4v) is 4.67. The summed E-state index contributed by atoms with van der Waals surface area (Å²) in [7, 11) is 0. The van der Waals surface area contributed by atoms with Gasteiger partial charge in [-0.15, -0.1) is 0 Å². The van der Waals surface area contributed by atoms with Gasteiger partial charge in [-0.2, -0.15) is 10.2 Å². The molecule has 0 bridgehead atoms. The van der Waals surface area contributed by atoms with Crippen LogP contribution in [0.25, 0.3) is 11.3 Å². The maximum atomic E-state index is 13.2. The standard InChI is InChI=1S/C26H31N7O/c1-18(2)17-31-13-9-20(10-14-31)23-15-24(33(30-23)21-7-5-19(3)6-8-21)29-26(34)22-16-28-32-12-4-11-27-25(22)32/h4-8,11-12,15-16,18,20H,9-10,13-14,17H2,1-3H3,(H,29,34). The van der Waals surface area contributed by atoms with E-state index in [1.54, 1.807) is 29.2 Å². The molecule has 8 heteroatoms. The van der Waals surface area contributed by atoms with Gasteiger partial charge >= 0.3 is 0 Å². The van der Waals surface area contributed by atoms with Crippen LogP contribution in [-0.2, 0) is 0 Å². The van der Waals surface area contributed by atoms with Gasteiger partial charge in [0.1, 0.15) is 11.4 Å². The van der Waals surface area contributed by atoms with Crippen molar-refractivity contribution in [3.63, 3.8) is 0 Å². The van der Waals surface area contributed by atoms with Crippen molar-refractivity contribution in [3.8, 4) is 5.69 Å². The zero-order valence-electron chi connectivity index (χ0n) is 20.0. The Morgan fingerprint density at radius 1 is 1.18 bits per heavy atom. The van der Waals surface area contributed by atoms with E-state index in [-0.39, 0.29) is 5.91 Å². The number of carbonyl (C=O) groups excluding carboxylic acids is 1. The van der Waals surface area contributed by atoms with Crippen LogP contribution in [0, 0.1) is 12.8 Å². The first-order valence-electron chi connectivity index (χ1n) is 12.0. The molecule has 3 aromatic heterocycles. The van der Waals surface area contributed by atoms with Crippen molar-refractivity contribution in [1.29, 1.82) is 0 Å². The van der Waals surface area contributed by atoms with Crippen LogP contribution in [0.15, 0.2) is 55.0 Å². The van der Waals surface area contributed by atoms with E-state index in [9.17, 15) is 4.79 Å². The second-order valence-corrected chi connectivity index (χ2v) is 9.57. The molecule has 1 saturated heterocycles. The van der Waals surface area contributed by atoms with Crippen molar-refractivity contribution in [2.24, 2.45) is 5.92 Å². The third-order valence-corrected chi connectivity index (χ3v) is 6.40. The van der Waals surface area contributed by atoms with Gasteiger partial charge in [0, 0.05) is 30.9 Å². The first-order chi connectivity index (χ1) is 16.5. The number of aryl methyl sites for hydroxylation is 1. The topological polar surface area (TPSA) is 80.4 Å². The molecule has 0 unspecified atom stereocenters. The highest BCUT2D eigenvalue weighted by Crippen LogP contribution is 2.31. The van der Waals surface area contributed by atoms with Crippen LogP contribution >= 0.6 is 0 Å². The maximum Gasteiger partial charge on any atom is 0.262 e. The summed E-state index contributed by atoms with van der Waals surface area (Å²) < 4.78 is 3.44. The number of fused-ring (bicyclic) bond motifs is 1. The van der Waals surface area contributed by atoms with E-state index < -0.39 is 0 Å². The number of piperidine rings is 1. The van der Waals surface area contributed by atoms with E-state index in [1.807, 2.05) is 22.9 Å². The predicted molar refractivity (Wildman–Crippen MR) is 132 cm³/mol. The maximum absolute atomic E-state index is 13.2. The number of hydrogen-bond acceptors (Lipinski definition) is 5. The SMILES string of the molecule is Cc1ccc(-n2nc(C3CCN(CC(C)C)CC3)cc2NC(=O)c2cnn3cccnc23)cc1. The largest absolute Gasteiger partial charge is 0.306 e. The Balaban J connectivity index is 1.43. The molecule has 0 radical (unpaired) electrons. The third-order valence-electron chi connectivity index (χ3n) is 6.40. The molecule has 0 spiro atoms. The van der Waals surface area contributed by atoms with Crippen LogP contribution in [0.4, 0.5) is 5.82 Å². The molecule has 1 fully saturated rings. The van der Waals surface area contributed by atoms with E-state index in [2.05, 4.69) is 53.2 Å². The molecule has 1 N–H and O–H groups in total. The lowest BCUT2D eigenvalue weighted by molar-refractivity contribution is 0.102. The molecule has 4 aromatic rings. The third kappa shape index (κ3) is 4.59. The number of anilines is 1. The average Bonchev–Trinajstić information content (AvgIpc) is 3.44. The summed E-state index contributed by atoms with van der Waals surface area (Å²) in [6.07, 6.45) is 7.13. The Morgan fingerprint density at radius 3 is 2.68 bits per heavy atom. The molecule has 1 aliphatic rings. The van der Waals surface area contributed by atoms with Crippen molar-refractivity contribution in [3.05, 3.63) is 71.8 Å². The van der Waals surface area contributed by atoms with Crippen molar-refractivity contribution in [2.45, 2.75) is 39.5 Å². The van der Waals surface area contributed by atoms with E-state index in [4.69, 9.17) is 5.10 Å². The van der Waals surface area contributed by atoms with Gasteiger partial charge in [-0.05, 0) is 57.0 Å². The number of rotatable bonds is 6. The van der Waals surface area contributed by atoms with Gasteiger partial charge < -0.3 is 10.2 Å². The molecule has 4 heterocycles. The zero-order chi connectivity index (χ0) is 23.7. The molecule has 34 heavy (non-hydrogen) atoms. The lowest BCUT2D eigenvalue weighted by atomic mass is 9.93. The van der Waals surface area contributed by atoms with Gasteiger partial charge in [-0.3, -0.25) is 4.79 Å². The predicted octanol–water partition coefficient (Wildman–Crippen LogP) is 4.31. The second kappa shape index (κ2) is 9.38. The second-order valence-electron chi connectivity index (χ2n) is 9.57. The Hall–Kier alpha value is -3.52. The number of likely N-dealkylation sites (tertiary alicyclic amines) is 1. The van der Waals surface area contributed by atoms with E-state index in [0.29, 0.717) is 28.9 Å². The number of nitrogens with zero attached hydrogens (tertiary/aromatic N) is 6. The summed E-state index contributed by atoms with van der Waals surface area (Å²) in [4.78, 5) is 20.1. The van der Waals surface area contributed by atoms with Crippen molar-refractivity contribution in [2.75, 3.05) is 25.0 Å². The highest BCUT2D eigenvalue weighted by Gasteiger charge is 2.25. The fourth-order valence-electron chi connectivity index (χ4n) is 4.67. The van der Waals surface area contributed by atoms with Gasteiger partial charge in [-0.1, -0.05) is 31.5 Å². The highest BCUT2D eigenvalue weighted by molar-refractivity contribution is 6.07. The number of hydrogen-bond donors (Lipinski definition) is 1. The summed E-state index contributed by atoms with van der Waals surface area (Å²) in [5, 5.41) is 12.3. The quantitative estimate of drug-likeness (QED) is 0.467. The van der Waals surface area contributed by atoms with Gasteiger partial charge in [0.2, 0.25) is 0 Å². The summed E-state index contributed by atoms with van der Waals surface area (Å²) in [6.45, 7) is 9.89. The molecule has 176 valence electrons. The summed E-state index contributed by atoms with van der Waals surface area (Å²) in [6, 6.07) is 12.0. The van der Waals surface area contributed by atoms with Crippen LogP contribution in [-0.4, -0.2) is 54.8 Å². The van der Waals surface area contributed by atoms with Crippen LogP contribution in [0.5, 0.6) is 0 Å². The highest BCUT2D eigenvalue weighted by atomic mass is 16.1. The zero-order valence-corrected chi connectivity index (χ0v) is 20.0. The molecular weight excluding hydrogens is 426 g/mol. The van der Waals surface area contributed by atoms with E-state index in [0.717, 1.165) is 43.9 Å². The number of amides is 1. The lowest BCUT2D eigenvalue weighted by Gasteiger charge is -2.32. The van der Waals surface area contributed by atoms with Gasteiger partial charge in [0.25, 0.3) is 5.91 Å². The minimum atomic E-state index is -0.250. The number of nitrogens with one attached hydrogen (secondary N) is 1. The monoisotopic (exact) mass is 457 g/mol. The lowest BCUT2D eigenvalue weighted by Crippen LogP contribution is -2.35. The van der Waals surface area contributed by atoms with E-state index in [1.165, 1.54) is 5.56 Å².